The van der Waals surface area contributed by atoms with Crippen molar-refractivity contribution in [1.29, 1.82) is 0 Å². The van der Waals surface area contributed by atoms with Crippen LogP contribution in [0.25, 0.3) is 0 Å². The molecule has 0 N–H and O–H groups in total. The third-order valence-electron chi connectivity index (χ3n) is 2.55. The van der Waals surface area contributed by atoms with E-state index >= 15 is 0 Å². The van der Waals surface area contributed by atoms with Crippen LogP contribution in [0.4, 0.5) is 13.2 Å². The Hall–Kier alpha value is -0.990. The molecule has 2 atom stereocenters. The van der Waals surface area contributed by atoms with Crippen molar-refractivity contribution in [3.05, 3.63) is 35.9 Å². The Kier molecular flexibility index (Phi) is 2.25. The molecule has 0 nitrogen and oxygen atoms in total. The highest BCUT2D eigenvalue weighted by Gasteiger charge is 2.45. The van der Waals surface area contributed by atoms with Gasteiger partial charge in [0.15, 0.2) is 0 Å². The number of alkyl halides is 3. The van der Waals surface area contributed by atoms with Crippen LogP contribution in [0, 0.1) is 12.0 Å². The molecule has 14 heavy (non-hydrogen) atoms. The first-order chi connectivity index (χ1) is 6.56. The molecule has 0 heterocycles. The lowest BCUT2D eigenvalue weighted by molar-refractivity contribution is -0.138. The van der Waals surface area contributed by atoms with E-state index in [-0.39, 0.29) is 11.8 Å². The van der Waals surface area contributed by atoms with E-state index in [2.05, 4.69) is 6.07 Å². The molecule has 1 aromatic rings. The van der Waals surface area contributed by atoms with E-state index in [9.17, 15) is 13.2 Å². The molecule has 1 aromatic carbocycles. The van der Waals surface area contributed by atoms with Crippen LogP contribution < -0.4 is 0 Å². The lowest BCUT2D eigenvalue weighted by Gasteiger charge is -2.04. The summed E-state index contributed by atoms with van der Waals surface area (Å²) in [5.41, 5.74) is 0.918. The topological polar surface area (TPSA) is 0 Å². The van der Waals surface area contributed by atoms with Gasteiger partial charge in [0.2, 0.25) is 0 Å². The Morgan fingerprint density at radius 2 is 2.14 bits per heavy atom. The summed E-state index contributed by atoms with van der Waals surface area (Å²) in [5.74, 6) is -0.133. The van der Waals surface area contributed by atoms with E-state index in [0.29, 0.717) is 6.42 Å². The number of rotatable bonds is 2. The molecule has 1 saturated carbocycles. The molecule has 1 radical (unpaired) electrons. The zero-order valence-corrected chi connectivity index (χ0v) is 7.51. The van der Waals surface area contributed by atoms with Crippen LogP contribution in [-0.2, 0) is 0 Å². The molecular formula is C11H10F3. The van der Waals surface area contributed by atoms with Gasteiger partial charge in [-0.1, -0.05) is 24.3 Å². The summed E-state index contributed by atoms with van der Waals surface area (Å²) in [6.45, 7) is 0. The van der Waals surface area contributed by atoms with Gasteiger partial charge in [-0.25, -0.2) is 0 Å². The average Bonchev–Trinajstić information content (AvgIpc) is 2.82. The summed E-state index contributed by atoms with van der Waals surface area (Å²) in [7, 11) is 0. The molecule has 0 aliphatic heterocycles. The van der Waals surface area contributed by atoms with E-state index in [1.807, 2.05) is 18.2 Å². The molecule has 0 saturated heterocycles. The van der Waals surface area contributed by atoms with Crippen molar-refractivity contribution < 1.29 is 13.2 Å². The Bertz CT molecular complexity index is 302. The predicted octanol–water partition coefficient (Wildman–Crippen LogP) is 3.54. The molecule has 1 aliphatic carbocycles. The molecule has 2 rings (SSSR count). The minimum atomic E-state index is -4.02. The molecule has 1 fully saturated rings. The average molecular weight is 199 g/mol. The van der Waals surface area contributed by atoms with Gasteiger partial charge in [0.25, 0.3) is 0 Å². The summed E-state index contributed by atoms with van der Waals surface area (Å²) < 4.78 is 36.1. The summed E-state index contributed by atoms with van der Waals surface area (Å²) in [5, 5.41) is 0. The van der Waals surface area contributed by atoms with Gasteiger partial charge in [-0.05, 0) is 29.9 Å². The first kappa shape index (κ1) is 9.56. The van der Waals surface area contributed by atoms with Gasteiger partial charge in [-0.2, -0.15) is 13.2 Å². The highest BCUT2D eigenvalue weighted by Crippen LogP contribution is 2.52. The molecule has 0 bridgehead atoms. The summed E-state index contributed by atoms with van der Waals surface area (Å²) in [6, 6.07) is 10.2. The minimum Gasteiger partial charge on any atom is -0.171 e. The molecule has 75 valence electrons. The third-order valence-corrected chi connectivity index (χ3v) is 2.55. The zero-order chi connectivity index (χ0) is 10.2. The fourth-order valence-corrected chi connectivity index (χ4v) is 1.79. The van der Waals surface area contributed by atoms with E-state index in [0.717, 1.165) is 5.56 Å². The molecular weight excluding hydrogens is 189 g/mol. The van der Waals surface area contributed by atoms with Crippen LogP contribution in [0.15, 0.2) is 24.3 Å². The second-order valence-corrected chi connectivity index (χ2v) is 3.74. The second-order valence-electron chi connectivity index (χ2n) is 3.74. The lowest BCUT2D eigenvalue weighted by atomic mass is 10.1. The number of hydrogen-bond donors (Lipinski definition) is 0. The first-order valence-electron chi connectivity index (χ1n) is 4.59. The molecule has 0 amide bonds. The highest BCUT2D eigenvalue weighted by molar-refractivity contribution is 5.24. The van der Waals surface area contributed by atoms with E-state index in [4.69, 9.17) is 0 Å². The zero-order valence-electron chi connectivity index (χ0n) is 7.51. The smallest absolute Gasteiger partial charge is 0.171 e. The monoisotopic (exact) mass is 199 g/mol. The van der Waals surface area contributed by atoms with E-state index in [1.165, 1.54) is 0 Å². The van der Waals surface area contributed by atoms with Crippen LogP contribution in [0.1, 0.15) is 24.3 Å². The predicted molar refractivity (Wildman–Crippen MR) is 46.8 cm³/mol. The normalized spacial score (nSPS) is 26.2. The van der Waals surface area contributed by atoms with Crippen LogP contribution >= 0.6 is 0 Å². The summed E-state index contributed by atoms with van der Waals surface area (Å²) in [4.78, 5) is 0. The first-order valence-corrected chi connectivity index (χ1v) is 4.59. The molecule has 0 aromatic heterocycles. The fraction of sp³-hybridized carbons (Fsp3) is 0.455. The number of hydrogen-bond acceptors (Lipinski definition) is 0. The van der Waals surface area contributed by atoms with Crippen molar-refractivity contribution in [2.75, 3.05) is 0 Å². The van der Waals surface area contributed by atoms with Crippen LogP contribution in [0.2, 0.25) is 0 Å². The lowest BCUT2D eigenvalue weighted by Crippen LogP contribution is -2.08. The Labute approximate surface area is 80.7 Å². The van der Waals surface area contributed by atoms with Crippen molar-refractivity contribution in [2.45, 2.75) is 24.9 Å². The van der Waals surface area contributed by atoms with Gasteiger partial charge in [0.1, 0.15) is 0 Å². The molecule has 0 spiro atoms. The Morgan fingerprint density at radius 3 is 2.71 bits per heavy atom. The third kappa shape index (κ3) is 2.28. The van der Waals surface area contributed by atoms with Crippen molar-refractivity contribution in [3.63, 3.8) is 0 Å². The van der Waals surface area contributed by atoms with Crippen molar-refractivity contribution >= 4 is 0 Å². The van der Waals surface area contributed by atoms with Gasteiger partial charge >= 0.3 is 6.18 Å². The van der Waals surface area contributed by atoms with Crippen LogP contribution in [0.5, 0.6) is 0 Å². The van der Waals surface area contributed by atoms with Crippen molar-refractivity contribution in [1.82, 2.24) is 0 Å². The molecule has 3 heteroatoms. The van der Waals surface area contributed by atoms with Crippen molar-refractivity contribution in [3.8, 4) is 0 Å². The quantitative estimate of drug-likeness (QED) is 0.683. The van der Waals surface area contributed by atoms with Crippen LogP contribution in [-0.4, -0.2) is 6.18 Å². The van der Waals surface area contributed by atoms with Gasteiger partial charge in [0.05, 0.1) is 0 Å². The summed E-state index contributed by atoms with van der Waals surface area (Å²) >= 11 is 0. The molecule has 2 unspecified atom stereocenters. The van der Waals surface area contributed by atoms with E-state index in [1.54, 1.807) is 6.07 Å². The largest absolute Gasteiger partial charge is 0.389 e. The SMILES string of the molecule is FC(F)(F)CC1CC1c1[c]cccc1. The highest BCUT2D eigenvalue weighted by atomic mass is 19.4. The second kappa shape index (κ2) is 3.30. The standard InChI is InChI=1S/C11H10F3/c12-11(13,14)7-9-6-10(9)8-4-2-1-3-5-8/h1-4,9-10H,6-7H2. The van der Waals surface area contributed by atoms with Gasteiger partial charge in [0, 0.05) is 6.42 Å². The number of halogens is 3. The molecule has 1 aliphatic rings. The summed E-state index contributed by atoms with van der Waals surface area (Å²) in [6.07, 6.45) is -4.02. The Balaban J connectivity index is 1.94. The van der Waals surface area contributed by atoms with Crippen molar-refractivity contribution in [2.24, 2.45) is 5.92 Å². The maximum atomic E-state index is 12.0. The van der Waals surface area contributed by atoms with Gasteiger partial charge in [-0.3, -0.25) is 0 Å². The number of benzene rings is 1. The Morgan fingerprint density at radius 1 is 1.36 bits per heavy atom. The maximum absolute atomic E-state index is 12.0. The fourth-order valence-electron chi connectivity index (χ4n) is 1.79. The van der Waals surface area contributed by atoms with Gasteiger partial charge in [-0.15, -0.1) is 0 Å². The minimum absolute atomic E-state index is 0.0813. The van der Waals surface area contributed by atoms with Crippen LogP contribution in [0.3, 0.4) is 0 Å². The van der Waals surface area contributed by atoms with E-state index < -0.39 is 12.6 Å². The van der Waals surface area contributed by atoms with Gasteiger partial charge < -0.3 is 0 Å². The maximum Gasteiger partial charge on any atom is 0.389 e.